The van der Waals surface area contributed by atoms with E-state index in [4.69, 9.17) is 0 Å². The Bertz CT molecular complexity index is 348. The van der Waals surface area contributed by atoms with Crippen LogP contribution in [-0.4, -0.2) is 6.04 Å². The van der Waals surface area contributed by atoms with Crippen molar-refractivity contribution in [1.29, 1.82) is 0 Å². The molecule has 0 heterocycles. The van der Waals surface area contributed by atoms with Gasteiger partial charge in [0.25, 0.3) is 0 Å². The molecule has 0 aliphatic rings. The van der Waals surface area contributed by atoms with Gasteiger partial charge in [0, 0.05) is 17.6 Å². The van der Waals surface area contributed by atoms with Gasteiger partial charge in [0.05, 0.1) is 0 Å². The first-order valence-electron chi connectivity index (χ1n) is 5.13. The smallest absolute Gasteiger partial charge is 0.128 e. The molecule has 0 aromatic heterocycles. The highest BCUT2D eigenvalue weighted by Gasteiger charge is 2.14. The van der Waals surface area contributed by atoms with Gasteiger partial charge in [-0.1, -0.05) is 13.8 Å². The number of aryl methyl sites for hydroxylation is 1. The van der Waals surface area contributed by atoms with Gasteiger partial charge >= 0.3 is 0 Å². The molecule has 1 rings (SSSR count). The molecule has 0 bridgehead atoms. The molecule has 1 aromatic carbocycles. The standard InChI is InChI=1S/C12H17F2N/c1-7(2)15-9(4)10-6-11(13)8(3)5-12(10)14/h5-7,9,15H,1-4H3. The quantitative estimate of drug-likeness (QED) is 0.812. The number of benzene rings is 1. The summed E-state index contributed by atoms with van der Waals surface area (Å²) >= 11 is 0. The van der Waals surface area contributed by atoms with E-state index >= 15 is 0 Å². The highest BCUT2D eigenvalue weighted by molar-refractivity contribution is 5.27. The van der Waals surface area contributed by atoms with E-state index in [-0.39, 0.29) is 23.7 Å². The lowest BCUT2D eigenvalue weighted by Crippen LogP contribution is -2.26. The molecule has 0 aliphatic heterocycles. The van der Waals surface area contributed by atoms with E-state index in [0.29, 0.717) is 11.1 Å². The third-order valence-electron chi connectivity index (χ3n) is 2.33. The molecule has 1 nitrogen and oxygen atoms in total. The number of nitrogens with one attached hydrogen (secondary N) is 1. The fraction of sp³-hybridized carbons (Fsp3) is 0.500. The van der Waals surface area contributed by atoms with Crippen LogP contribution in [0.1, 0.15) is 37.9 Å². The third kappa shape index (κ3) is 2.99. The zero-order valence-electron chi connectivity index (χ0n) is 9.57. The predicted molar refractivity (Wildman–Crippen MR) is 57.8 cm³/mol. The molecule has 0 radical (unpaired) electrons. The summed E-state index contributed by atoms with van der Waals surface area (Å²) in [5.41, 5.74) is 0.722. The van der Waals surface area contributed by atoms with Crippen molar-refractivity contribution < 1.29 is 8.78 Å². The van der Waals surface area contributed by atoms with Gasteiger partial charge in [0.2, 0.25) is 0 Å². The summed E-state index contributed by atoms with van der Waals surface area (Å²) in [5, 5.41) is 3.14. The molecule has 0 fully saturated rings. The summed E-state index contributed by atoms with van der Waals surface area (Å²) in [6.07, 6.45) is 0. The number of hydrogen-bond acceptors (Lipinski definition) is 1. The lowest BCUT2D eigenvalue weighted by Gasteiger charge is -2.18. The molecular weight excluding hydrogens is 196 g/mol. The van der Waals surface area contributed by atoms with Crippen molar-refractivity contribution in [1.82, 2.24) is 5.32 Å². The molecule has 84 valence electrons. The maximum Gasteiger partial charge on any atom is 0.128 e. The Balaban J connectivity index is 2.98. The van der Waals surface area contributed by atoms with Crippen LogP contribution in [0.2, 0.25) is 0 Å². The zero-order valence-corrected chi connectivity index (χ0v) is 9.57. The first kappa shape index (κ1) is 12.1. The summed E-state index contributed by atoms with van der Waals surface area (Å²) in [6, 6.07) is 2.57. The number of halogens is 2. The van der Waals surface area contributed by atoms with E-state index in [1.165, 1.54) is 12.1 Å². The van der Waals surface area contributed by atoms with Crippen LogP contribution in [0.4, 0.5) is 8.78 Å². The molecule has 1 aromatic rings. The Morgan fingerprint density at radius 2 is 1.67 bits per heavy atom. The molecule has 0 saturated carbocycles. The van der Waals surface area contributed by atoms with Crippen molar-refractivity contribution in [3.8, 4) is 0 Å². The second-order valence-electron chi connectivity index (χ2n) is 4.17. The minimum atomic E-state index is -0.358. The molecule has 0 spiro atoms. The molecule has 15 heavy (non-hydrogen) atoms. The zero-order chi connectivity index (χ0) is 11.6. The van der Waals surface area contributed by atoms with E-state index in [1.54, 1.807) is 6.92 Å². The second-order valence-corrected chi connectivity index (χ2v) is 4.17. The minimum absolute atomic E-state index is 0.180. The van der Waals surface area contributed by atoms with E-state index < -0.39 is 0 Å². The molecule has 1 unspecified atom stereocenters. The molecule has 0 amide bonds. The average molecular weight is 213 g/mol. The van der Waals surface area contributed by atoms with Gasteiger partial charge in [-0.15, -0.1) is 0 Å². The van der Waals surface area contributed by atoms with Crippen LogP contribution in [0, 0.1) is 18.6 Å². The summed E-state index contributed by atoms with van der Waals surface area (Å²) in [4.78, 5) is 0. The maximum atomic E-state index is 13.5. The minimum Gasteiger partial charge on any atom is -0.308 e. The molecule has 0 saturated heterocycles. The molecule has 1 atom stereocenters. The van der Waals surface area contributed by atoms with Crippen molar-refractivity contribution in [3.63, 3.8) is 0 Å². The van der Waals surface area contributed by atoms with Crippen LogP contribution in [0.25, 0.3) is 0 Å². The van der Waals surface area contributed by atoms with Crippen molar-refractivity contribution in [2.75, 3.05) is 0 Å². The van der Waals surface area contributed by atoms with Gasteiger partial charge in [0.1, 0.15) is 11.6 Å². The fourth-order valence-electron chi connectivity index (χ4n) is 1.58. The molecular formula is C12H17F2N. The first-order chi connectivity index (χ1) is 6.91. The van der Waals surface area contributed by atoms with Crippen LogP contribution in [0.15, 0.2) is 12.1 Å². The summed E-state index contributed by atoms with van der Waals surface area (Å²) in [5.74, 6) is -0.710. The fourth-order valence-corrected chi connectivity index (χ4v) is 1.58. The molecule has 0 aliphatic carbocycles. The van der Waals surface area contributed by atoms with E-state index in [9.17, 15) is 8.78 Å². The SMILES string of the molecule is Cc1cc(F)c(C(C)NC(C)C)cc1F. The average Bonchev–Trinajstić information content (AvgIpc) is 2.09. The first-order valence-corrected chi connectivity index (χ1v) is 5.13. The summed E-state index contributed by atoms with van der Waals surface area (Å²) in [7, 11) is 0. The Labute approximate surface area is 89.5 Å². The lowest BCUT2D eigenvalue weighted by atomic mass is 10.0. The highest BCUT2D eigenvalue weighted by Crippen LogP contribution is 2.20. The lowest BCUT2D eigenvalue weighted by molar-refractivity contribution is 0.477. The van der Waals surface area contributed by atoms with E-state index in [1.807, 2.05) is 20.8 Å². The van der Waals surface area contributed by atoms with Gasteiger partial charge in [-0.05, 0) is 31.5 Å². The van der Waals surface area contributed by atoms with Gasteiger partial charge in [0.15, 0.2) is 0 Å². The Morgan fingerprint density at radius 3 is 2.20 bits per heavy atom. The van der Waals surface area contributed by atoms with Crippen molar-refractivity contribution in [2.45, 2.75) is 39.8 Å². The van der Waals surface area contributed by atoms with Gasteiger partial charge in [-0.3, -0.25) is 0 Å². The van der Waals surface area contributed by atoms with Crippen molar-refractivity contribution >= 4 is 0 Å². The number of hydrogen-bond donors (Lipinski definition) is 1. The largest absolute Gasteiger partial charge is 0.308 e. The van der Waals surface area contributed by atoms with Gasteiger partial charge in [-0.25, -0.2) is 8.78 Å². The topological polar surface area (TPSA) is 12.0 Å². The third-order valence-corrected chi connectivity index (χ3v) is 2.33. The summed E-state index contributed by atoms with van der Waals surface area (Å²) < 4.78 is 26.8. The van der Waals surface area contributed by atoms with Gasteiger partial charge in [-0.2, -0.15) is 0 Å². The van der Waals surface area contributed by atoms with E-state index in [0.717, 1.165) is 0 Å². The Hall–Kier alpha value is -0.960. The van der Waals surface area contributed by atoms with E-state index in [2.05, 4.69) is 5.32 Å². The van der Waals surface area contributed by atoms with Crippen LogP contribution >= 0.6 is 0 Å². The van der Waals surface area contributed by atoms with Crippen molar-refractivity contribution in [3.05, 3.63) is 34.9 Å². The van der Waals surface area contributed by atoms with Crippen LogP contribution in [0.3, 0.4) is 0 Å². The molecule has 1 N–H and O–H groups in total. The monoisotopic (exact) mass is 213 g/mol. The van der Waals surface area contributed by atoms with Crippen LogP contribution in [-0.2, 0) is 0 Å². The maximum absolute atomic E-state index is 13.5. The normalized spacial score (nSPS) is 13.3. The number of rotatable bonds is 3. The molecule has 3 heteroatoms. The highest BCUT2D eigenvalue weighted by atomic mass is 19.1. The van der Waals surface area contributed by atoms with Crippen LogP contribution in [0.5, 0.6) is 0 Å². The predicted octanol–water partition coefficient (Wildman–Crippen LogP) is 3.33. The van der Waals surface area contributed by atoms with Crippen molar-refractivity contribution in [2.24, 2.45) is 0 Å². The second kappa shape index (κ2) is 4.71. The Kier molecular flexibility index (Phi) is 3.80. The van der Waals surface area contributed by atoms with Crippen LogP contribution < -0.4 is 5.32 Å². The van der Waals surface area contributed by atoms with Gasteiger partial charge < -0.3 is 5.32 Å². The summed E-state index contributed by atoms with van der Waals surface area (Å²) in [6.45, 7) is 7.33. The Morgan fingerprint density at radius 1 is 1.07 bits per heavy atom.